The number of carbonyl (C=O) groups is 1. The molecule has 0 N–H and O–H groups in total. The third-order valence-electron chi connectivity index (χ3n) is 4.10. The number of ether oxygens (including phenoxy) is 2. The Balaban J connectivity index is 1.92. The lowest BCUT2D eigenvalue weighted by molar-refractivity contribution is -0.122. The van der Waals surface area contributed by atoms with Gasteiger partial charge in [-0.15, -0.1) is 0 Å². The van der Waals surface area contributed by atoms with E-state index in [0.717, 1.165) is 17.7 Å². The fourth-order valence-corrected chi connectivity index (χ4v) is 3.85. The number of thioether (sulfide) groups is 1. The fourth-order valence-electron chi connectivity index (χ4n) is 2.83. The zero-order chi connectivity index (χ0) is 19.9. The van der Waals surface area contributed by atoms with E-state index in [2.05, 4.69) is 11.9 Å². The SMILES string of the molecule is CCCN1C(=O)C(=Cc2ccc(OCC)c(OC)c2)SC1=Nc1ccccc1. The minimum Gasteiger partial charge on any atom is -0.493 e. The van der Waals surface area contributed by atoms with E-state index in [4.69, 9.17) is 9.47 Å². The van der Waals surface area contributed by atoms with E-state index in [-0.39, 0.29) is 5.91 Å². The number of aliphatic imine (C=N–C) groups is 1. The second kappa shape index (κ2) is 9.46. The van der Waals surface area contributed by atoms with Gasteiger partial charge < -0.3 is 9.47 Å². The van der Waals surface area contributed by atoms with Crippen molar-refractivity contribution in [2.45, 2.75) is 20.3 Å². The number of methoxy groups -OCH3 is 1. The van der Waals surface area contributed by atoms with Gasteiger partial charge in [-0.1, -0.05) is 31.2 Å². The summed E-state index contributed by atoms with van der Waals surface area (Å²) in [5.41, 5.74) is 1.72. The van der Waals surface area contributed by atoms with Crippen LogP contribution in [0.2, 0.25) is 0 Å². The average molecular weight is 397 g/mol. The molecule has 1 amide bonds. The minimum atomic E-state index is -0.0191. The van der Waals surface area contributed by atoms with E-state index in [1.165, 1.54) is 11.8 Å². The van der Waals surface area contributed by atoms with Gasteiger partial charge in [-0.25, -0.2) is 4.99 Å². The highest BCUT2D eigenvalue weighted by Crippen LogP contribution is 2.35. The van der Waals surface area contributed by atoms with Crippen LogP contribution < -0.4 is 9.47 Å². The first-order valence-corrected chi connectivity index (χ1v) is 10.1. The summed E-state index contributed by atoms with van der Waals surface area (Å²) in [6, 6.07) is 15.4. The van der Waals surface area contributed by atoms with Gasteiger partial charge in [-0.2, -0.15) is 0 Å². The molecular weight excluding hydrogens is 372 g/mol. The predicted molar refractivity (Wildman–Crippen MR) is 115 cm³/mol. The van der Waals surface area contributed by atoms with E-state index in [1.807, 2.05) is 61.5 Å². The molecule has 6 heteroatoms. The lowest BCUT2D eigenvalue weighted by Crippen LogP contribution is -2.29. The lowest BCUT2D eigenvalue weighted by Gasteiger charge is -2.13. The predicted octanol–water partition coefficient (Wildman–Crippen LogP) is 5.11. The molecule has 0 aliphatic carbocycles. The zero-order valence-corrected chi connectivity index (χ0v) is 17.2. The number of benzene rings is 2. The van der Waals surface area contributed by atoms with Crippen molar-refractivity contribution >= 4 is 34.6 Å². The van der Waals surface area contributed by atoms with Crippen molar-refractivity contribution in [1.82, 2.24) is 4.90 Å². The molecule has 28 heavy (non-hydrogen) atoms. The molecule has 0 spiro atoms. The minimum absolute atomic E-state index is 0.0191. The highest BCUT2D eigenvalue weighted by atomic mass is 32.2. The first-order chi connectivity index (χ1) is 13.7. The summed E-state index contributed by atoms with van der Waals surface area (Å²) < 4.78 is 11.0. The molecule has 1 fully saturated rings. The molecule has 2 aromatic rings. The van der Waals surface area contributed by atoms with Crippen LogP contribution in [0.1, 0.15) is 25.8 Å². The number of hydrogen-bond acceptors (Lipinski definition) is 5. The van der Waals surface area contributed by atoms with Crippen LogP contribution in [-0.4, -0.2) is 36.2 Å². The van der Waals surface area contributed by atoms with Crippen LogP contribution in [0.4, 0.5) is 5.69 Å². The Morgan fingerprint density at radius 3 is 2.57 bits per heavy atom. The second-order valence-electron chi connectivity index (χ2n) is 6.14. The van der Waals surface area contributed by atoms with Gasteiger partial charge in [-0.05, 0) is 61.0 Å². The van der Waals surface area contributed by atoms with Crippen molar-refractivity contribution in [3.8, 4) is 11.5 Å². The summed E-state index contributed by atoms with van der Waals surface area (Å²) in [5, 5.41) is 0.710. The van der Waals surface area contributed by atoms with Crippen LogP contribution in [0.25, 0.3) is 6.08 Å². The summed E-state index contributed by atoms with van der Waals surface area (Å²) in [6.07, 6.45) is 2.74. The molecular formula is C22H24N2O3S. The van der Waals surface area contributed by atoms with E-state index in [1.54, 1.807) is 12.0 Å². The van der Waals surface area contributed by atoms with Gasteiger partial charge in [0.15, 0.2) is 16.7 Å². The van der Waals surface area contributed by atoms with Crippen molar-refractivity contribution in [2.24, 2.45) is 4.99 Å². The quantitative estimate of drug-likeness (QED) is 0.611. The van der Waals surface area contributed by atoms with Crippen molar-refractivity contribution in [3.05, 3.63) is 59.0 Å². The van der Waals surface area contributed by atoms with E-state index in [9.17, 15) is 4.79 Å². The van der Waals surface area contributed by atoms with Crippen molar-refractivity contribution < 1.29 is 14.3 Å². The molecule has 0 radical (unpaired) electrons. The maximum Gasteiger partial charge on any atom is 0.266 e. The van der Waals surface area contributed by atoms with Crippen LogP contribution in [0.15, 0.2) is 58.4 Å². The van der Waals surface area contributed by atoms with Crippen molar-refractivity contribution in [3.63, 3.8) is 0 Å². The largest absolute Gasteiger partial charge is 0.493 e. The van der Waals surface area contributed by atoms with Crippen LogP contribution >= 0.6 is 11.8 Å². The fraction of sp³-hybridized carbons (Fsp3) is 0.273. The summed E-state index contributed by atoms with van der Waals surface area (Å²) in [6.45, 7) is 5.19. The number of carbonyl (C=O) groups excluding carboxylic acids is 1. The Hall–Kier alpha value is -2.73. The third kappa shape index (κ3) is 4.57. The number of nitrogens with zero attached hydrogens (tertiary/aromatic N) is 2. The number of para-hydroxylation sites is 1. The third-order valence-corrected chi connectivity index (χ3v) is 5.11. The van der Waals surface area contributed by atoms with Gasteiger partial charge >= 0.3 is 0 Å². The van der Waals surface area contributed by atoms with Crippen LogP contribution in [0.3, 0.4) is 0 Å². The van der Waals surface area contributed by atoms with Gasteiger partial charge in [0, 0.05) is 6.54 Å². The Morgan fingerprint density at radius 1 is 1.11 bits per heavy atom. The topological polar surface area (TPSA) is 51.1 Å². The summed E-state index contributed by atoms with van der Waals surface area (Å²) in [4.78, 5) is 20.0. The molecule has 1 aliphatic rings. The summed E-state index contributed by atoms with van der Waals surface area (Å²) in [7, 11) is 1.61. The summed E-state index contributed by atoms with van der Waals surface area (Å²) >= 11 is 1.40. The molecule has 0 atom stereocenters. The molecule has 5 nitrogen and oxygen atoms in total. The van der Waals surface area contributed by atoms with Gasteiger partial charge in [-0.3, -0.25) is 9.69 Å². The van der Waals surface area contributed by atoms with Gasteiger partial charge in [0.05, 0.1) is 24.3 Å². The normalized spacial score (nSPS) is 16.8. The average Bonchev–Trinajstić information content (AvgIpc) is 2.99. The van der Waals surface area contributed by atoms with Gasteiger partial charge in [0.1, 0.15) is 0 Å². The van der Waals surface area contributed by atoms with Crippen molar-refractivity contribution in [2.75, 3.05) is 20.3 Å². The zero-order valence-electron chi connectivity index (χ0n) is 16.3. The molecule has 1 aliphatic heterocycles. The Kier molecular flexibility index (Phi) is 6.76. The molecule has 1 heterocycles. The lowest BCUT2D eigenvalue weighted by atomic mass is 10.2. The van der Waals surface area contributed by atoms with Gasteiger partial charge in [0.25, 0.3) is 5.91 Å². The van der Waals surface area contributed by atoms with Gasteiger partial charge in [0.2, 0.25) is 0 Å². The standard InChI is InChI=1S/C22H24N2O3S/c1-4-13-24-21(25)20(28-22(24)23-17-9-7-6-8-10-17)15-16-11-12-18(27-5-2)19(14-16)26-3/h6-12,14-15H,4-5,13H2,1-3H3. The Morgan fingerprint density at radius 2 is 1.89 bits per heavy atom. The molecule has 3 rings (SSSR count). The number of hydrogen-bond donors (Lipinski definition) is 0. The maximum absolute atomic E-state index is 12.9. The highest BCUT2D eigenvalue weighted by molar-refractivity contribution is 8.18. The van der Waals surface area contributed by atoms with E-state index < -0.39 is 0 Å². The molecule has 146 valence electrons. The number of amides is 1. The smallest absolute Gasteiger partial charge is 0.266 e. The maximum atomic E-state index is 12.9. The molecule has 0 unspecified atom stereocenters. The number of rotatable bonds is 7. The molecule has 0 saturated carbocycles. The Bertz CT molecular complexity index is 894. The first-order valence-electron chi connectivity index (χ1n) is 9.32. The molecule has 0 aromatic heterocycles. The molecule has 2 aromatic carbocycles. The molecule has 1 saturated heterocycles. The van der Waals surface area contributed by atoms with Crippen LogP contribution in [0.5, 0.6) is 11.5 Å². The highest BCUT2D eigenvalue weighted by Gasteiger charge is 2.32. The van der Waals surface area contributed by atoms with Crippen LogP contribution in [0, 0.1) is 0 Å². The molecule has 0 bridgehead atoms. The Labute approximate surface area is 170 Å². The summed E-state index contributed by atoms with van der Waals surface area (Å²) in [5.74, 6) is 1.32. The number of amidine groups is 1. The van der Waals surface area contributed by atoms with E-state index >= 15 is 0 Å². The second-order valence-corrected chi connectivity index (χ2v) is 7.15. The monoisotopic (exact) mass is 396 g/mol. The van der Waals surface area contributed by atoms with Crippen LogP contribution in [-0.2, 0) is 4.79 Å². The van der Waals surface area contributed by atoms with Crippen molar-refractivity contribution in [1.29, 1.82) is 0 Å². The van der Waals surface area contributed by atoms with E-state index in [0.29, 0.717) is 34.7 Å². The first kappa shape index (κ1) is 20.0.